The smallest absolute Gasteiger partial charge is 0.240 e. The summed E-state index contributed by atoms with van der Waals surface area (Å²) >= 11 is 0. The maximum Gasteiger partial charge on any atom is 0.240 e. The second-order valence-electron chi connectivity index (χ2n) is 5.46. The summed E-state index contributed by atoms with van der Waals surface area (Å²) in [6.07, 6.45) is 2.43. The van der Waals surface area contributed by atoms with Crippen LogP contribution < -0.4 is 5.73 Å². The third-order valence-electron chi connectivity index (χ3n) is 3.76. The lowest BCUT2D eigenvalue weighted by Gasteiger charge is -2.08. The van der Waals surface area contributed by atoms with E-state index in [-0.39, 0.29) is 5.95 Å². The average molecular weight is 289 g/mol. The van der Waals surface area contributed by atoms with Crippen molar-refractivity contribution < 1.29 is 0 Å². The second kappa shape index (κ2) is 5.18. The first-order chi connectivity index (χ1) is 10.8. The van der Waals surface area contributed by atoms with Crippen LogP contribution >= 0.6 is 0 Å². The lowest BCUT2D eigenvalue weighted by molar-refractivity contribution is 0.974. The van der Waals surface area contributed by atoms with Gasteiger partial charge in [0, 0.05) is 17.2 Å². The van der Waals surface area contributed by atoms with Gasteiger partial charge in [0.25, 0.3) is 0 Å². The maximum absolute atomic E-state index is 5.73. The fourth-order valence-electron chi connectivity index (χ4n) is 2.50. The van der Waals surface area contributed by atoms with E-state index in [1.54, 1.807) is 0 Å². The Hall–Kier alpha value is -2.82. The van der Waals surface area contributed by atoms with Crippen molar-refractivity contribution in [2.24, 2.45) is 0 Å². The lowest BCUT2D eigenvalue weighted by atomic mass is 10.1. The summed E-state index contributed by atoms with van der Waals surface area (Å²) in [6.45, 7) is 0. The summed E-state index contributed by atoms with van der Waals surface area (Å²) in [6, 6.07) is 15.9. The van der Waals surface area contributed by atoms with Crippen LogP contribution in [-0.2, 0) is 0 Å². The van der Waals surface area contributed by atoms with E-state index in [0.717, 1.165) is 17.0 Å². The molecule has 1 saturated carbocycles. The van der Waals surface area contributed by atoms with Crippen molar-refractivity contribution in [3.05, 3.63) is 54.2 Å². The molecular formula is C17H15N5. The van der Waals surface area contributed by atoms with E-state index in [4.69, 9.17) is 10.7 Å². The fourth-order valence-corrected chi connectivity index (χ4v) is 2.50. The molecule has 5 nitrogen and oxygen atoms in total. The number of rotatable bonds is 3. The molecule has 2 heterocycles. The van der Waals surface area contributed by atoms with Crippen molar-refractivity contribution in [3.63, 3.8) is 0 Å². The summed E-state index contributed by atoms with van der Waals surface area (Å²) in [7, 11) is 0. The number of nitrogens with zero attached hydrogens (tertiary/aromatic N) is 4. The van der Waals surface area contributed by atoms with Crippen LogP contribution in [0.1, 0.15) is 24.5 Å². The minimum Gasteiger partial charge on any atom is -0.366 e. The Morgan fingerprint density at radius 3 is 2.41 bits per heavy atom. The molecule has 1 aromatic carbocycles. The third-order valence-corrected chi connectivity index (χ3v) is 3.76. The van der Waals surface area contributed by atoms with Gasteiger partial charge in [-0.05, 0) is 25.0 Å². The Morgan fingerprint density at radius 2 is 1.64 bits per heavy atom. The molecule has 1 aliphatic carbocycles. The summed E-state index contributed by atoms with van der Waals surface area (Å²) in [4.78, 5) is 9.11. The van der Waals surface area contributed by atoms with E-state index in [0.29, 0.717) is 17.3 Å². The fraction of sp³-hybridized carbons (Fsp3) is 0.176. The van der Waals surface area contributed by atoms with E-state index in [1.807, 2.05) is 42.5 Å². The predicted octanol–water partition coefficient (Wildman–Crippen LogP) is 3.06. The number of pyridine rings is 1. The number of hydrogen-bond donors (Lipinski definition) is 1. The highest BCUT2D eigenvalue weighted by atomic mass is 15.2. The Bertz CT molecular complexity index is 812. The van der Waals surface area contributed by atoms with E-state index < -0.39 is 0 Å². The van der Waals surface area contributed by atoms with Crippen molar-refractivity contribution >= 4 is 5.95 Å². The van der Waals surface area contributed by atoms with E-state index in [9.17, 15) is 0 Å². The van der Waals surface area contributed by atoms with Gasteiger partial charge in [-0.1, -0.05) is 36.4 Å². The highest BCUT2D eigenvalue weighted by Gasteiger charge is 2.25. The molecule has 1 fully saturated rings. The number of hydrogen-bond acceptors (Lipinski definition) is 5. The number of anilines is 1. The van der Waals surface area contributed by atoms with E-state index in [2.05, 4.69) is 21.2 Å². The van der Waals surface area contributed by atoms with Gasteiger partial charge in [-0.2, -0.15) is 0 Å². The van der Waals surface area contributed by atoms with Crippen LogP contribution in [0.25, 0.3) is 22.6 Å². The minimum atomic E-state index is 0.168. The quantitative estimate of drug-likeness (QED) is 0.801. The molecule has 0 radical (unpaired) electrons. The highest BCUT2D eigenvalue weighted by molar-refractivity contribution is 5.76. The van der Waals surface area contributed by atoms with Crippen molar-refractivity contribution in [2.75, 3.05) is 5.73 Å². The third kappa shape index (κ3) is 2.41. The summed E-state index contributed by atoms with van der Waals surface area (Å²) in [5.41, 5.74) is 9.98. The number of nitrogens with two attached hydrogens (primary N) is 1. The standard InChI is InChI=1S/C17H15N5/c18-17-20-15(12-5-2-1-3-6-12)16(21-22-17)14-8-4-7-13(19-14)11-9-10-11/h1-8,11H,9-10H2,(H2,18,20,22). The molecule has 3 aromatic rings. The molecule has 0 unspecified atom stereocenters. The molecule has 2 aromatic heterocycles. The van der Waals surface area contributed by atoms with Gasteiger partial charge in [-0.3, -0.25) is 4.98 Å². The SMILES string of the molecule is Nc1nnc(-c2cccc(C3CC3)n2)c(-c2ccccc2)n1. The molecule has 0 amide bonds. The Kier molecular flexibility index (Phi) is 3.04. The molecular weight excluding hydrogens is 274 g/mol. The molecule has 0 bridgehead atoms. The van der Waals surface area contributed by atoms with Crippen molar-refractivity contribution in [1.29, 1.82) is 0 Å². The zero-order valence-electron chi connectivity index (χ0n) is 12.0. The largest absolute Gasteiger partial charge is 0.366 e. The molecule has 1 aliphatic rings. The van der Waals surface area contributed by atoms with Crippen LogP contribution in [0.3, 0.4) is 0 Å². The zero-order valence-corrected chi connectivity index (χ0v) is 12.0. The monoisotopic (exact) mass is 289 g/mol. The van der Waals surface area contributed by atoms with Crippen LogP contribution in [0, 0.1) is 0 Å². The first kappa shape index (κ1) is 12.9. The summed E-state index contributed by atoms with van der Waals surface area (Å²) in [5.74, 6) is 0.760. The van der Waals surface area contributed by atoms with Crippen LogP contribution in [-0.4, -0.2) is 20.2 Å². The van der Waals surface area contributed by atoms with Gasteiger partial charge in [0.15, 0.2) is 0 Å². The molecule has 0 saturated heterocycles. The average Bonchev–Trinajstić information content (AvgIpc) is 3.41. The second-order valence-corrected chi connectivity index (χ2v) is 5.46. The summed E-state index contributed by atoms with van der Waals surface area (Å²) < 4.78 is 0. The van der Waals surface area contributed by atoms with Crippen molar-refractivity contribution in [2.45, 2.75) is 18.8 Å². The van der Waals surface area contributed by atoms with Gasteiger partial charge in [-0.15, -0.1) is 10.2 Å². The molecule has 108 valence electrons. The van der Waals surface area contributed by atoms with Crippen molar-refractivity contribution in [3.8, 4) is 22.6 Å². The first-order valence-corrected chi connectivity index (χ1v) is 7.34. The Morgan fingerprint density at radius 1 is 0.818 bits per heavy atom. The van der Waals surface area contributed by atoms with Gasteiger partial charge in [0.1, 0.15) is 11.4 Å². The van der Waals surface area contributed by atoms with Gasteiger partial charge in [0.05, 0.1) is 5.69 Å². The summed E-state index contributed by atoms with van der Waals surface area (Å²) in [5, 5.41) is 8.15. The highest BCUT2D eigenvalue weighted by Crippen LogP contribution is 2.39. The lowest BCUT2D eigenvalue weighted by Crippen LogP contribution is -2.03. The van der Waals surface area contributed by atoms with Gasteiger partial charge in [0.2, 0.25) is 5.95 Å². The molecule has 4 rings (SSSR count). The molecule has 5 heteroatoms. The van der Waals surface area contributed by atoms with Gasteiger partial charge in [-0.25, -0.2) is 4.98 Å². The molecule has 0 atom stereocenters. The molecule has 22 heavy (non-hydrogen) atoms. The molecule has 2 N–H and O–H groups in total. The van der Waals surface area contributed by atoms with Crippen LogP contribution in [0.5, 0.6) is 0 Å². The van der Waals surface area contributed by atoms with Gasteiger partial charge >= 0.3 is 0 Å². The molecule has 0 aliphatic heterocycles. The normalized spacial score (nSPS) is 14.0. The number of aromatic nitrogens is 4. The van der Waals surface area contributed by atoms with Crippen LogP contribution in [0.4, 0.5) is 5.95 Å². The van der Waals surface area contributed by atoms with E-state index >= 15 is 0 Å². The van der Waals surface area contributed by atoms with E-state index in [1.165, 1.54) is 12.8 Å². The number of benzene rings is 1. The Labute approximate surface area is 128 Å². The molecule has 0 spiro atoms. The topological polar surface area (TPSA) is 77.6 Å². The number of nitrogen functional groups attached to an aromatic ring is 1. The van der Waals surface area contributed by atoms with Crippen LogP contribution in [0.2, 0.25) is 0 Å². The zero-order chi connectivity index (χ0) is 14.9. The minimum absolute atomic E-state index is 0.168. The van der Waals surface area contributed by atoms with Crippen molar-refractivity contribution in [1.82, 2.24) is 20.2 Å². The first-order valence-electron chi connectivity index (χ1n) is 7.34. The predicted molar refractivity (Wildman–Crippen MR) is 84.9 cm³/mol. The Balaban J connectivity index is 1.86. The van der Waals surface area contributed by atoms with Crippen LogP contribution in [0.15, 0.2) is 48.5 Å². The van der Waals surface area contributed by atoms with Gasteiger partial charge < -0.3 is 5.73 Å². The maximum atomic E-state index is 5.73.